The molecule has 0 atom stereocenters. The molecule has 5 nitrogen and oxygen atoms in total. The third-order valence-corrected chi connectivity index (χ3v) is 1.21. The minimum atomic E-state index is -0.654. The van der Waals surface area contributed by atoms with Crippen LogP contribution in [0.25, 0.3) is 0 Å². The Balaban J connectivity index is 3.31. The first-order valence-electron chi connectivity index (χ1n) is 2.90. The zero-order valence-corrected chi connectivity index (χ0v) is 5.63. The van der Waals surface area contributed by atoms with Gasteiger partial charge in [0.15, 0.2) is 0 Å². The summed E-state index contributed by atoms with van der Waals surface area (Å²) < 4.78 is 0. The van der Waals surface area contributed by atoms with Gasteiger partial charge in [-0.15, -0.1) is 0 Å². The molecule has 0 aliphatic heterocycles. The van der Waals surface area contributed by atoms with Crippen LogP contribution in [-0.2, 0) is 0 Å². The molecule has 1 amide bonds. The van der Waals surface area contributed by atoms with Crippen molar-refractivity contribution in [2.75, 3.05) is 5.73 Å². The highest BCUT2D eigenvalue weighted by atomic mass is 16.1. The molecule has 0 aliphatic rings. The summed E-state index contributed by atoms with van der Waals surface area (Å²) in [5, 5.41) is 0. The Kier molecular flexibility index (Phi) is 1.63. The average molecular weight is 153 g/mol. The van der Waals surface area contributed by atoms with Crippen molar-refractivity contribution in [1.82, 2.24) is 4.98 Å². The van der Waals surface area contributed by atoms with E-state index in [9.17, 15) is 9.59 Å². The molecule has 5 N–H and O–H groups in total. The summed E-state index contributed by atoms with van der Waals surface area (Å²) in [7, 11) is 0. The Morgan fingerprint density at radius 2 is 2.09 bits per heavy atom. The second kappa shape index (κ2) is 2.45. The predicted octanol–water partition coefficient (Wildman–Crippen LogP) is -0.944. The summed E-state index contributed by atoms with van der Waals surface area (Å²) in [4.78, 5) is 23.4. The highest BCUT2D eigenvalue weighted by Gasteiger charge is 2.04. The van der Waals surface area contributed by atoms with Gasteiger partial charge in [-0.3, -0.25) is 9.59 Å². The highest BCUT2D eigenvalue weighted by Crippen LogP contribution is 2.01. The van der Waals surface area contributed by atoms with Gasteiger partial charge in [0, 0.05) is 6.07 Å². The molecule has 0 saturated heterocycles. The van der Waals surface area contributed by atoms with Crippen molar-refractivity contribution in [1.29, 1.82) is 0 Å². The molecule has 1 heterocycles. The summed E-state index contributed by atoms with van der Waals surface area (Å²) in [5.41, 5.74) is 9.96. The second-order valence-electron chi connectivity index (χ2n) is 2.01. The van der Waals surface area contributed by atoms with Crippen molar-refractivity contribution in [3.05, 3.63) is 28.0 Å². The quantitative estimate of drug-likeness (QED) is 0.485. The number of nitrogen functional groups attached to an aromatic ring is 1. The SMILES string of the molecule is NC(=O)c1ccc(=O)[nH]c1N. The average Bonchev–Trinajstić information content (AvgIpc) is 1.85. The summed E-state index contributed by atoms with van der Waals surface area (Å²) >= 11 is 0. The van der Waals surface area contributed by atoms with E-state index in [1.165, 1.54) is 12.1 Å². The Labute approximate surface area is 62.0 Å². The fraction of sp³-hybridized carbons (Fsp3) is 0. The highest BCUT2D eigenvalue weighted by molar-refractivity contribution is 5.96. The van der Waals surface area contributed by atoms with E-state index in [0.29, 0.717) is 0 Å². The standard InChI is InChI=1S/C6H7N3O2/c7-5-3(6(8)11)1-2-4(10)9-5/h1-2H,(H2,8,11)(H3,7,9,10). The maximum absolute atomic E-state index is 10.6. The largest absolute Gasteiger partial charge is 0.385 e. The molecule has 0 aliphatic carbocycles. The summed E-state index contributed by atoms with van der Waals surface area (Å²) in [6.45, 7) is 0. The van der Waals surface area contributed by atoms with Crippen LogP contribution in [0.5, 0.6) is 0 Å². The first kappa shape index (κ1) is 7.33. The van der Waals surface area contributed by atoms with E-state index >= 15 is 0 Å². The third-order valence-electron chi connectivity index (χ3n) is 1.21. The number of hydrogen-bond acceptors (Lipinski definition) is 3. The number of carbonyl (C=O) groups excluding carboxylic acids is 1. The zero-order chi connectivity index (χ0) is 8.43. The number of aromatic amines is 1. The summed E-state index contributed by atoms with van der Waals surface area (Å²) in [6, 6.07) is 2.48. The summed E-state index contributed by atoms with van der Waals surface area (Å²) in [5.74, 6) is -0.649. The van der Waals surface area contributed by atoms with Crippen molar-refractivity contribution >= 4 is 11.7 Å². The number of anilines is 1. The van der Waals surface area contributed by atoms with Gasteiger partial charge in [0.05, 0.1) is 5.56 Å². The van der Waals surface area contributed by atoms with Crippen molar-refractivity contribution < 1.29 is 4.79 Å². The van der Waals surface area contributed by atoms with E-state index in [4.69, 9.17) is 11.5 Å². The maximum atomic E-state index is 10.6. The Morgan fingerprint density at radius 1 is 1.45 bits per heavy atom. The lowest BCUT2D eigenvalue weighted by Crippen LogP contribution is -2.17. The van der Waals surface area contributed by atoms with Gasteiger partial charge in [0.25, 0.3) is 5.91 Å². The number of H-pyrrole nitrogens is 1. The second-order valence-corrected chi connectivity index (χ2v) is 2.01. The lowest BCUT2D eigenvalue weighted by atomic mass is 10.2. The van der Waals surface area contributed by atoms with Crippen LogP contribution in [0.4, 0.5) is 5.82 Å². The third kappa shape index (κ3) is 1.37. The van der Waals surface area contributed by atoms with Gasteiger partial charge >= 0.3 is 0 Å². The minimum Gasteiger partial charge on any atom is -0.385 e. The van der Waals surface area contributed by atoms with Crippen LogP contribution in [-0.4, -0.2) is 10.9 Å². The summed E-state index contributed by atoms with van der Waals surface area (Å²) in [6.07, 6.45) is 0. The number of pyridine rings is 1. The number of rotatable bonds is 1. The van der Waals surface area contributed by atoms with Crippen LogP contribution in [0.15, 0.2) is 16.9 Å². The van der Waals surface area contributed by atoms with Gasteiger partial charge in [-0.25, -0.2) is 0 Å². The molecule has 58 valence electrons. The van der Waals surface area contributed by atoms with Crippen LogP contribution < -0.4 is 17.0 Å². The topological polar surface area (TPSA) is 102 Å². The minimum absolute atomic E-state index is 0.00463. The molecule has 1 rings (SSSR count). The van der Waals surface area contributed by atoms with Crippen molar-refractivity contribution in [2.24, 2.45) is 5.73 Å². The molecule has 0 saturated carbocycles. The van der Waals surface area contributed by atoms with E-state index < -0.39 is 5.91 Å². The van der Waals surface area contributed by atoms with Crippen molar-refractivity contribution in [3.63, 3.8) is 0 Å². The zero-order valence-electron chi connectivity index (χ0n) is 5.63. The molecule has 5 heteroatoms. The smallest absolute Gasteiger partial charge is 0.252 e. The molecule has 0 fully saturated rings. The van der Waals surface area contributed by atoms with Gasteiger partial charge in [0.1, 0.15) is 5.82 Å². The number of hydrogen-bond donors (Lipinski definition) is 3. The number of nitrogens with one attached hydrogen (secondary N) is 1. The van der Waals surface area contributed by atoms with Crippen molar-refractivity contribution in [2.45, 2.75) is 0 Å². The molecular weight excluding hydrogens is 146 g/mol. The van der Waals surface area contributed by atoms with Crippen LogP contribution in [0.3, 0.4) is 0 Å². The first-order valence-corrected chi connectivity index (χ1v) is 2.90. The van der Waals surface area contributed by atoms with Crippen LogP contribution in [0.2, 0.25) is 0 Å². The number of aromatic nitrogens is 1. The predicted molar refractivity (Wildman–Crippen MR) is 40.0 cm³/mol. The van der Waals surface area contributed by atoms with Gasteiger partial charge < -0.3 is 16.5 Å². The number of nitrogens with two attached hydrogens (primary N) is 2. The molecule has 1 aromatic heterocycles. The van der Waals surface area contributed by atoms with E-state index in [1.54, 1.807) is 0 Å². The lowest BCUT2D eigenvalue weighted by Gasteiger charge is -1.97. The normalized spacial score (nSPS) is 9.45. The molecule has 0 aromatic carbocycles. The molecule has 0 spiro atoms. The van der Waals surface area contributed by atoms with Crippen LogP contribution in [0.1, 0.15) is 10.4 Å². The van der Waals surface area contributed by atoms with E-state index in [1.807, 2.05) is 0 Å². The maximum Gasteiger partial charge on any atom is 0.252 e. The van der Waals surface area contributed by atoms with Gasteiger partial charge in [0.2, 0.25) is 5.56 Å². The van der Waals surface area contributed by atoms with Crippen LogP contribution >= 0.6 is 0 Å². The molecule has 0 unspecified atom stereocenters. The number of carbonyl (C=O) groups is 1. The molecule has 1 aromatic rings. The number of amides is 1. The van der Waals surface area contributed by atoms with E-state index in [0.717, 1.165) is 0 Å². The Morgan fingerprint density at radius 3 is 2.55 bits per heavy atom. The fourth-order valence-electron chi connectivity index (χ4n) is 0.705. The molecule has 11 heavy (non-hydrogen) atoms. The van der Waals surface area contributed by atoms with Gasteiger partial charge in [-0.2, -0.15) is 0 Å². The van der Waals surface area contributed by atoms with E-state index in [-0.39, 0.29) is 16.9 Å². The first-order chi connectivity index (χ1) is 5.11. The Bertz CT molecular complexity index is 342. The lowest BCUT2D eigenvalue weighted by molar-refractivity contribution is 0.100. The monoisotopic (exact) mass is 153 g/mol. The van der Waals surface area contributed by atoms with Crippen LogP contribution in [0, 0.1) is 0 Å². The van der Waals surface area contributed by atoms with Crippen molar-refractivity contribution in [3.8, 4) is 0 Å². The fourth-order valence-corrected chi connectivity index (χ4v) is 0.705. The van der Waals surface area contributed by atoms with Gasteiger partial charge in [-0.05, 0) is 6.07 Å². The Hall–Kier alpha value is -1.78. The van der Waals surface area contributed by atoms with Gasteiger partial charge in [-0.1, -0.05) is 0 Å². The molecule has 0 radical (unpaired) electrons. The molecule has 0 bridgehead atoms. The number of primary amides is 1. The molecular formula is C6H7N3O2. The van der Waals surface area contributed by atoms with E-state index in [2.05, 4.69) is 4.98 Å².